The Morgan fingerprint density at radius 3 is 2.60 bits per heavy atom. The first-order chi connectivity index (χ1) is 7.38. The molecule has 0 aromatic carbocycles. The van der Waals surface area contributed by atoms with Gasteiger partial charge in [0.15, 0.2) is 0 Å². The van der Waals surface area contributed by atoms with Crippen LogP contribution in [0.3, 0.4) is 0 Å². The number of halogens is 1. The van der Waals surface area contributed by atoms with Crippen LogP contribution in [0.1, 0.15) is 17.5 Å². The predicted molar refractivity (Wildman–Crippen MR) is 54.8 cm³/mol. The van der Waals surface area contributed by atoms with Crippen molar-refractivity contribution >= 4 is 11.6 Å². The fourth-order valence-electron chi connectivity index (χ4n) is 1.26. The third kappa shape index (κ3) is 2.83. The number of aryl methyl sites for hydroxylation is 3. The maximum atomic E-state index is 5.56. The molecule has 80 valence electrons. The number of furan rings is 1. The Kier molecular flexibility index (Phi) is 3.40. The fourth-order valence-corrected chi connectivity index (χ4v) is 1.42. The summed E-state index contributed by atoms with van der Waals surface area (Å²) in [4.78, 5) is 0. The normalized spacial score (nSPS) is 10.7. The van der Waals surface area contributed by atoms with Crippen molar-refractivity contribution in [2.75, 3.05) is 5.88 Å². The Hall–Kier alpha value is -1.29. The summed E-state index contributed by atoms with van der Waals surface area (Å²) in [6, 6.07) is 3.79. The highest BCUT2D eigenvalue weighted by Crippen LogP contribution is 2.07. The van der Waals surface area contributed by atoms with Crippen molar-refractivity contribution in [1.82, 2.24) is 10.2 Å². The smallest absolute Gasteiger partial charge is 0.217 e. The van der Waals surface area contributed by atoms with Gasteiger partial charge in [0.2, 0.25) is 11.8 Å². The van der Waals surface area contributed by atoms with E-state index in [0.717, 1.165) is 12.2 Å². The van der Waals surface area contributed by atoms with E-state index in [1.165, 1.54) is 0 Å². The molecule has 0 unspecified atom stereocenters. The summed E-state index contributed by atoms with van der Waals surface area (Å²) < 4.78 is 10.6. The van der Waals surface area contributed by atoms with E-state index in [0.29, 0.717) is 30.5 Å². The molecule has 0 saturated carbocycles. The molecule has 2 aromatic heterocycles. The average Bonchev–Trinajstić information content (AvgIpc) is 2.85. The van der Waals surface area contributed by atoms with Crippen molar-refractivity contribution in [3.8, 4) is 0 Å². The van der Waals surface area contributed by atoms with Gasteiger partial charge < -0.3 is 8.83 Å². The summed E-state index contributed by atoms with van der Waals surface area (Å²) in [5, 5.41) is 7.79. The summed E-state index contributed by atoms with van der Waals surface area (Å²) in [6.45, 7) is 0. The van der Waals surface area contributed by atoms with E-state index in [1.807, 2.05) is 12.1 Å². The van der Waals surface area contributed by atoms with Gasteiger partial charge in [0, 0.05) is 25.1 Å². The molecule has 0 aliphatic rings. The van der Waals surface area contributed by atoms with Crippen LogP contribution in [0.15, 0.2) is 27.2 Å². The lowest BCUT2D eigenvalue weighted by molar-refractivity contribution is 0.440. The highest BCUT2D eigenvalue weighted by molar-refractivity contribution is 6.17. The highest BCUT2D eigenvalue weighted by atomic mass is 35.5. The first-order valence-electron chi connectivity index (χ1n) is 4.78. The zero-order valence-electron chi connectivity index (χ0n) is 8.15. The summed E-state index contributed by atoms with van der Waals surface area (Å²) in [5.41, 5.74) is 0. The Morgan fingerprint density at radius 1 is 1.13 bits per heavy atom. The van der Waals surface area contributed by atoms with Crippen LogP contribution in [-0.4, -0.2) is 16.1 Å². The minimum Gasteiger partial charge on any atom is -0.469 e. The Labute approximate surface area is 92.2 Å². The standard InChI is InChI=1S/C10H11ClN2O2/c11-6-5-10-13-12-9(15-10)4-3-8-2-1-7-14-8/h1-2,7H,3-6H2. The molecule has 0 aliphatic carbocycles. The van der Waals surface area contributed by atoms with E-state index >= 15 is 0 Å². The zero-order valence-corrected chi connectivity index (χ0v) is 8.91. The number of aromatic nitrogens is 2. The van der Waals surface area contributed by atoms with Gasteiger partial charge in [-0.15, -0.1) is 21.8 Å². The molecule has 0 amide bonds. The fraction of sp³-hybridized carbons (Fsp3) is 0.400. The molecule has 0 radical (unpaired) electrons. The number of nitrogens with zero attached hydrogens (tertiary/aromatic N) is 2. The van der Waals surface area contributed by atoms with Gasteiger partial charge in [-0.2, -0.15) is 0 Å². The van der Waals surface area contributed by atoms with Crippen molar-refractivity contribution in [3.05, 3.63) is 35.9 Å². The largest absolute Gasteiger partial charge is 0.469 e. The molecule has 0 N–H and O–H groups in total. The lowest BCUT2D eigenvalue weighted by Crippen LogP contribution is -1.89. The molecule has 5 heteroatoms. The van der Waals surface area contributed by atoms with Gasteiger partial charge in [-0.05, 0) is 12.1 Å². The van der Waals surface area contributed by atoms with Crippen LogP contribution >= 0.6 is 11.6 Å². The summed E-state index contributed by atoms with van der Waals surface area (Å²) in [5.74, 6) is 2.65. The van der Waals surface area contributed by atoms with E-state index in [4.69, 9.17) is 20.4 Å². The molecule has 0 fully saturated rings. The molecule has 15 heavy (non-hydrogen) atoms. The number of alkyl halides is 1. The Balaban J connectivity index is 1.88. The van der Waals surface area contributed by atoms with Gasteiger partial charge >= 0.3 is 0 Å². The first kappa shape index (κ1) is 10.2. The van der Waals surface area contributed by atoms with Crippen molar-refractivity contribution in [2.24, 2.45) is 0 Å². The molecule has 0 atom stereocenters. The maximum Gasteiger partial charge on any atom is 0.217 e. The second kappa shape index (κ2) is 4.98. The number of hydrogen-bond donors (Lipinski definition) is 0. The van der Waals surface area contributed by atoms with Crippen molar-refractivity contribution in [1.29, 1.82) is 0 Å². The lowest BCUT2D eigenvalue weighted by atomic mass is 10.2. The van der Waals surface area contributed by atoms with Crippen LogP contribution in [0.5, 0.6) is 0 Å². The zero-order chi connectivity index (χ0) is 10.5. The van der Waals surface area contributed by atoms with E-state index in [2.05, 4.69) is 10.2 Å². The van der Waals surface area contributed by atoms with Crippen LogP contribution in [-0.2, 0) is 19.3 Å². The first-order valence-corrected chi connectivity index (χ1v) is 5.31. The predicted octanol–water partition coefficient (Wildman–Crippen LogP) is 2.23. The van der Waals surface area contributed by atoms with E-state index in [9.17, 15) is 0 Å². The van der Waals surface area contributed by atoms with Crippen LogP contribution in [0, 0.1) is 0 Å². The molecule has 0 aliphatic heterocycles. The van der Waals surface area contributed by atoms with Gasteiger partial charge in [0.25, 0.3) is 0 Å². The molecule has 2 rings (SSSR count). The second-order valence-electron chi connectivity index (χ2n) is 3.11. The van der Waals surface area contributed by atoms with Crippen LogP contribution in [0.25, 0.3) is 0 Å². The van der Waals surface area contributed by atoms with Gasteiger partial charge in [0.05, 0.1) is 6.26 Å². The third-order valence-corrected chi connectivity index (χ3v) is 2.17. The lowest BCUT2D eigenvalue weighted by Gasteiger charge is -1.91. The van der Waals surface area contributed by atoms with Crippen molar-refractivity contribution in [3.63, 3.8) is 0 Å². The molecular formula is C10H11ClN2O2. The monoisotopic (exact) mass is 226 g/mol. The van der Waals surface area contributed by atoms with Gasteiger partial charge in [-0.3, -0.25) is 0 Å². The molecule has 0 spiro atoms. The molecule has 2 heterocycles. The van der Waals surface area contributed by atoms with Crippen LogP contribution < -0.4 is 0 Å². The van der Waals surface area contributed by atoms with Gasteiger partial charge in [-0.25, -0.2) is 0 Å². The minimum absolute atomic E-state index is 0.500. The molecule has 0 saturated heterocycles. The quantitative estimate of drug-likeness (QED) is 0.734. The number of rotatable bonds is 5. The maximum absolute atomic E-state index is 5.56. The summed E-state index contributed by atoms with van der Waals surface area (Å²) in [7, 11) is 0. The van der Waals surface area contributed by atoms with Crippen LogP contribution in [0.4, 0.5) is 0 Å². The van der Waals surface area contributed by atoms with E-state index in [1.54, 1.807) is 6.26 Å². The summed E-state index contributed by atoms with van der Waals surface area (Å²) in [6.07, 6.45) is 3.75. The van der Waals surface area contributed by atoms with Gasteiger partial charge in [-0.1, -0.05) is 0 Å². The molecule has 4 nitrogen and oxygen atoms in total. The van der Waals surface area contributed by atoms with E-state index < -0.39 is 0 Å². The third-order valence-electron chi connectivity index (χ3n) is 1.98. The number of hydrogen-bond acceptors (Lipinski definition) is 4. The minimum atomic E-state index is 0.500. The Morgan fingerprint density at radius 2 is 1.93 bits per heavy atom. The average molecular weight is 227 g/mol. The SMILES string of the molecule is ClCCc1nnc(CCc2ccco2)o1. The Bertz CT molecular complexity index is 397. The van der Waals surface area contributed by atoms with Crippen LogP contribution in [0.2, 0.25) is 0 Å². The van der Waals surface area contributed by atoms with Crippen molar-refractivity contribution < 1.29 is 8.83 Å². The molecule has 0 bridgehead atoms. The molecular weight excluding hydrogens is 216 g/mol. The second-order valence-corrected chi connectivity index (χ2v) is 3.49. The summed E-state index contributed by atoms with van der Waals surface area (Å²) >= 11 is 5.56. The topological polar surface area (TPSA) is 52.1 Å². The molecule has 2 aromatic rings. The van der Waals surface area contributed by atoms with Crippen molar-refractivity contribution in [2.45, 2.75) is 19.3 Å². The highest BCUT2D eigenvalue weighted by Gasteiger charge is 2.06. The van der Waals surface area contributed by atoms with Gasteiger partial charge in [0.1, 0.15) is 5.76 Å². The van der Waals surface area contributed by atoms with E-state index in [-0.39, 0.29) is 0 Å².